The van der Waals surface area contributed by atoms with Crippen LogP contribution < -0.4 is 0 Å². The first-order chi connectivity index (χ1) is 12.0. The molecule has 3 rings (SSSR count). The fourth-order valence-corrected chi connectivity index (χ4v) is 3.81. The summed E-state index contributed by atoms with van der Waals surface area (Å²) in [5, 5.41) is 0. The van der Waals surface area contributed by atoms with Crippen molar-refractivity contribution in [3.8, 4) is 0 Å². The van der Waals surface area contributed by atoms with Crippen LogP contribution in [0.2, 0.25) is 0 Å². The highest BCUT2D eigenvalue weighted by atomic mass is 32.2. The van der Waals surface area contributed by atoms with Crippen molar-refractivity contribution in [3.05, 3.63) is 108 Å². The highest BCUT2D eigenvalue weighted by molar-refractivity contribution is 7.90. The molecule has 0 unspecified atom stereocenters. The largest absolute Gasteiger partial charge is 0.267 e. The van der Waals surface area contributed by atoms with Crippen molar-refractivity contribution in [2.75, 3.05) is 0 Å². The van der Waals surface area contributed by atoms with E-state index in [1.54, 1.807) is 48.8 Å². The summed E-state index contributed by atoms with van der Waals surface area (Å²) >= 11 is 0. The highest BCUT2D eigenvalue weighted by Gasteiger charge is 2.17. The van der Waals surface area contributed by atoms with E-state index in [-0.39, 0.29) is 4.90 Å². The lowest BCUT2D eigenvalue weighted by Crippen LogP contribution is -2.10. The van der Waals surface area contributed by atoms with Crippen molar-refractivity contribution < 1.29 is 8.42 Å². The van der Waals surface area contributed by atoms with Crippen molar-refractivity contribution in [2.45, 2.75) is 11.8 Å². The molecular formula is C21H19NO2S. The second-order valence-corrected chi connectivity index (χ2v) is 7.57. The molecule has 0 spiro atoms. The molecule has 1 aromatic heterocycles. The summed E-state index contributed by atoms with van der Waals surface area (Å²) in [6, 6.07) is 18.5. The van der Waals surface area contributed by atoms with Crippen LogP contribution in [0.15, 0.2) is 96.7 Å². The van der Waals surface area contributed by atoms with Crippen LogP contribution in [0.25, 0.3) is 5.57 Å². The van der Waals surface area contributed by atoms with E-state index in [0.717, 1.165) is 22.3 Å². The molecule has 0 aliphatic rings. The Kier molecular flexibility index (Phi) is 4.72. The first-order valence-electron chi connectivity index (χ1n) is 7.91. The van der Waals surface area contributed by atoms with Crippen molar-refractivity contribution in [1.29, 1.82) is 0 Å². The van der Waals surface area contributed by atoms with Gasteiger partial charge >= 0.3 is 0 Å². The number of benzene rings is 2. The molecule has 0 saturated heterocycles. The van der Waals surface area contributed by atoms with Gasteiger partial charge in [0.25, 0.3) is 10.0 Å². The molecule has 4 heteroatoms. The van der Waals surface area contributed by atoms with Crippen LogP contribution in [0, 0.1) is 6.92 Å². The third-order valence-electron chi connectivity index (χ3n) is 3.94. The molecule has 25 heavy (non-hydrogen) atoms. The summed E-state index contributed by atoms with van der Waals surface area (Å²) in [6.07, 6.45) is 6.80. The van der Waals surface area contributed by atoms with Crippen molar-refractivity contribution in [2.24, 2.45) is 0 Å². The van der Waals surface area contributed by atoms with Crippen LogP contribution >= 0.6 is 0 Å². The first-order valence-corrected chi connectivity index (χ1v) is 9.35. The molecule has 0 bridgehead atoms. The Labute approximate surface area is 148 Å². The first kappa shape index (κ1) is 17.0. The van der Waals surface area contributed by atoms with Crippen LogP contribution in [0.4, 0.5) is 0 Å². The lowest BCUT2D eigenvalue weighted by atomic mass is 10.0. The predicted octanol–water partition coefficient (Wildman–Crippen LogP) is 4.65. The Balaban J connectivity index is 2.03. The molecule has 0 aliphatic heterocycles. The Morgan fingerprint density at radius 3 is 2.28 bits per heavy atom. The lowest BCUT2D eigenvalue weighted by molar-refractivity contribution is 0.587. The van der Waals surface area contributed by atoms with E-state index in [2.05, 4.69) is 6.58 Å². The van der Waals surface area contributed by atoms with Crippen molar-refractivity contribution >= 4 is 15.6 Å². The number of hydrogen-bond acceptors (Lipinski definition) is 2. The van der Waals surface area contributed by atoms with Gasteiger partial charge in [0.1, 0.15) is 0 Å². The third-order valence-corrected chi connectivity index (χ3v) is 5.59. The zero-order valence-electron chi connectivity index (χ0n) is 14.0. The Hall–Kier alpha value is -2.85. The van der Waals surface area contributed by atoms with Gasteiger partial charge < -0.3 is 0 Å². The normalized spacial score (nSPS) is 12.1. The van der Waals surface area contributed by atoms with Crippen LogP contribution in [0.3, 0.4) is 0 Å². The van der Waals surface area contributed by atoms with Gasteiger partial charge in [-0.05, 0) is 36.3 Å². The van der Waals surface area contributed by atoms with Gasteiger partial charge in [-0.15, -0.1) is 0 Å². The molecule has 0 fully saturated rings. The smallest absolute Gasteiger partial charge is 0.248 e. The van der Waals surface area contributed by atoms with Crippen LogP contribution in [-0.2, 0) is 10.0 Å². The third kappa shape index (κ3) is 3.49. The zero-order chi connectivity index (χ0) is 17.9. The summed E-state index contributed by atoms with van der Waals surface area (Å²) in [5.41, 5.74) is 3.77. The molecule has 0 saturated carbocycles. The predicted molar refractivity (Wildman–Crippen MR) is 102 cm³/mol. The topological polar surface area (TPSA) is 39.1 Å². The second kappa shape index (κ2) is 6.95. The number of aromatic nitrogens is 1. The average Bonchev–Trinajstić information content (AvgIpc) is 3.11. The maximum Gasteiger partial charge on any atom is 0.267 e. The standard InChI is InChI=1S/C21H19NO2S/c1-3-7-21(18-8-5-4-6-9-18)19-14-15-22(16-19)25(23,24)20-12-10-17(2)11-13-20/h3-16H,1H2,2H3/b21-7-. The van der Waals surface area contributed by atoms with E-state index in [4.69, 9.17) is 0 Å². The fraction of sp³-hybridized carbons (Fsp3) is 0.0476. The number of nitrogens with zero attached hydrogens (tertiary/aromatic N) is 1. The number of hydrogen-bond donors (Lipinski definition) is 0. The Morgan fingerprint density at radius 2 is 1.64 bits per heavy atom. The van der Waals surface area contributed by atoms with Gasteiger partial charge in [-0.1, -0.05) is 66.8 Å². The Morgan fingerprint density at radius 1 is 0.960 bits per heavy atom. The van der Waals surface area contributed by atoms with E-state index >= 15 is 0 Å². The molecule has 0 atom stereocenters. The number of rotatable bonds is 5. The summed E-state index contributed by atoms with van der Waals surface area (Å²) in [5.74, 6) is 0. The van der Waals surface area contributed by atoms with Crippen molar-refractivity contribution in [3.63, 3.8) is 0 Å². The van der Waals surface area contributed by atoms with Gasteiger partial charge in [0.15, 0.2) is 0 Å². The SMILES string of the molecule is C=C/C=C(/c1ccccc1)c1ccn(S(=O)(=O)c2ccc(C)cc2)c1. The van der Waals surface area contributed by atoms with Crippen LogP contribution in [0.5, 0.6) is 0 Å². The van der Waals surface area contributed by atoms with Crippen molar-refractivity contribution in [1.82, 2.24) is 3.97 Å². The average molecular weight is 349 g/mol. The van der Waals surface area contributed by atoms with E-state index in [9.17, 15) is 8.42 Å². The van der Waals surface area contributed by atoms with Gasteiger partial charge in [0.2, 0.25) is 0 Å². The molecule has 0 amide bonds. The van der Waals surface area contributed by atoms with E-state index < -0.39 is 10.0 Å². The number of aryl methyl sites for hydroxylation is 1. The maximum atomic E-state index is 12.8. The van der Waals surface area contributed by atoms with Gasteiger partial charge in [-0.3, -0.25) is 0 Å². The molecular weight excluding hydrogens is 330 g/mol. The van der Waals surface area contributed by atoms with Gasteiger partial charge in [-0.2, -0.15) is 0 Å². The lowest BCUT2D eigenvalue weighted by Gasteiger charge is -2.07. The van der Waals surface area contributed by atoms with E-state index in [1.807, 2.05) is 43.3 Å². The van der Waals surface area contributed by atoms with Gasteiger partial charge in [-0.25, -0.2) is 12.4 Å². The molecule has 3 aromatic rings. The van der Waals surface area contributed by atoms with Gasteiger partial charge in [0.05, 0.1) is 4.90 Å². The molecule has 1 heterocycles. The molecule has 126 valence electrons. The molecule has 0 radical (unpaired) electrons. The summed E-state index contributed by atoms with van der Waals surface area (Å²) in [7, 11) is -3.60. The monoisotopic (exact) mass is 349 g/mol. The van der Waals surface area contributed by atoms with E-state index in [0.29, 0.717) is 0 Å². The fourth-order valence-electron chi connectivity index (χ4n) is 2.61. The maximum absolute atomic E-state index is 12.8. The highest BCUT2D eigenvalue weighted by Crippen LogP contribution is 2.25. The van der Waals surface area contributed by atoms with E-state index in [1.165, 1.54) is 3.97 Å². The van der Waals surface area contributed by atoms with Crippen LogP contribution in [-0.4, -0.2) is 12.4 Å². The summed E-state index contributed by atoms with van der Waals surface area (Å²) < 4.78 is 26.9. The quantitative estimate of drug-likeness (QED) is 0.629. The second-order valence-electron chi connectivity index (χ2n) is 5.73. The van der Waals surface area contributed by atoms with Crippen LogP contribution in [0.1, 0.15) is 16.7 Å². The Bertz CT molecular complexity index is 1010. The minimum Gasteiger partial charge on any atom is -0.248 e. The summed E-state index contributed by atoms with van der Waals surface area (Å²) in [4.78, 5) is 0.272. The molecule has 0 N–H and O–H groups in total. The summed E-state index contributed by atoms with van der Waals surface area (Å²) in [6.45, 7) is 5.69. The zero-order valence-corrected chi connectivity index (χ0v) is 14.8. The number of allylic oxidation sites excluding steroid dienone is 2. The minimum absolute atomic E-state index is 0.272. The molecule has 2 aromatic carbocycles. The molecule has 3 nitrogen and oxygen atoms in total. The molecule has 0 aliphatic carbocycles. The minimum atomic E-state index is -3.60. The van der Waals surface area contributed by atoms with Gasteiger partial charge in [0, 0.05) is 18.0 Å².